The Bertz CT molecular complexity index is 222. The number of hydrogen-bond acceptors (Lipinski definition) is 2. The van der Waals surface area contributed by atoms with Gasteiger partial charge in [0.05, 0.1) is 0 Å². The molecule has 1 aliphatic heterocycles. The van der Waals surface area contributed by atoms with Crippen LogP contribution in [-0.2, 0) is 9.59 Å². The standard InChI is InChI=1S/C9H12BrNO2/c10-6-1-2-7-11-8(12)4-3-5-9(11)13/h1-2H,3-7H2/b2-1+. The number of piperidine rings is 1. The smallest absolute Gasteiger partial charge is 0.229 e. The van der Waals surface area contributed by atoms with Crippen molar-refractivity contribution in [2.24, 2.45) is 0 Å². The van der Waals surface area contributed by atoms with Crippen LogP contribution in [0.15, 0.2) is 12.2 Å². The Hall–Kier alpha value is -0.640. The average molecular weight is 246 g/mol. The van der Waals surface area contributed by atoms with Crippen LogP contribution in [0.2, 0.25) is 0 Å². The summed E-state index contributed by atoms with van der Waals surface area (Å²) in [5, 5.41) is 0.753. The van der Waals surface area contributed by atoms with Crippen molar-refractivity contribution < 1.29 is 9.59 Å². The number of likely N-dealkylation sites (tertiary alicyclic amines) is 1. The molecule has 0 unspecified atom stereocenters. The van der Waals surface area contributed by atoms with E-state index < -0.39 is 0 Å². The summed E-state index contributed by atoms with van der Waals surface area (Å²) < 4.78 is 0. The van der Waals surface area contributed by atoms with Gasteiger partial charge in [0.1, 0.15) is 0 Å². The number of halogens is 1. The van der Waals surface area contributed by atoms with Gasteiger partial charge in [-0.15, -0.1) is 0 Å². The second-order valence-electron chi connectivity index (χ2n) is 2.88. The Labute approximate surface area is 85.9 Å². The zero-order valence-electron chi connectivity index (χ0n) is 7.33. The van der Waals surface area contributed by atoms with Crippen molar-refractivity contribution in [3.05, 3.63) is 12.2 Å². The molecule has 0 radical (unpaired) electrons. The van der Waals surface area contributed by atoms with Crippen molar-refractivity contribution in [1.82, 2.24) is 4.90 Å². The van der Waals surface area contributed by atoms with Crippen molar-refractivity contribution in [3.63, 3.8) is 0 Å². The SMILES string of the molecule is O=C1CCCC(=O)N1C/C=C/CBr. The van der Waals surface area contributed by atoms with E-state index in [0.717, 1.165) is 5.33 Å². The Morgan fingerprint density at radius 3 is 2.38 bits per heavy atom. The minimum Gasteiger partial charge on any atom is -0.279 e. The van der Waals surface area contributed by atoms with E-state index in [-0.39, 0.29) is 11.8 Å². The second-order valence-corrected chi connectivity index (χ2v) is 3.52. The van der Waals surface area contributed by atoms with Gasteiger partial charge >= 0.3 is 0 Å². The van der Waals surface area contributed by atoms with Gasteiger partial charge in [0, 0.05) is 24.7 Å². The first-order chi connectivity index (χ1) is 6.25. The number of alkyl halides is 1. The van der Waals surface area contributed by atoms with Gasteiger partial charge in [-0.3, -0.25) is 14.5 Å². The molecule has 2 amide bonds. The maximum Gasteiger partial charge on any atom is 0.229 e. The van der Waals surface area contributed by atoms with E-state index in [1.165, 1.54) is 4.90 Å². The fourth-order valence-corrected chi connectivity index (χ4v) is 1.51. The lowest BCUT2D eigenvalue weighted by Gasteiger charge is -2.23. The van der Waals surface area contributed by atoms with Gasteiger partial charge < -0.3 is 0 Å². The number of imide groups is 1. The van der Waals surface area contributed by atoms with E-state index in [4.69, 9.17) is 0 Å². The molecule has 3 nitrogen and oxygen atoms in total. The molecule has 0 aromatic rings. The monoisotopic (exact) mass is 245 g/mol. The third kappa shape index (κ3) is 2.95. The van der Waals surface area contributed by atoms with Crippen LogP contribution in [-0.4, -0.2) is 28.6 Å². The van der Waals surface area contributed by atoms with Gasteiger partial charge in [-0.2, -0.15) is 0 Å². The third-order valence-electron chi connectivity index (χ3n) is 1.93. The summed E-state index contributed by atoms with van der Waals surface area (Å²) in [4.78, 5) is 23.8. The number of nitrogens with zero attached hydrogens (tertiary/aromatic N) is 1. The van der Waals surface area contributed by atoms with Crippen LogP contribution in [0.3, 0.4) is 0 Å². The molecule has 1 heterocycles. The summed E-state index contributed by atoms with van der Waals surface area (Å²) in [5.74, 6) is -0.0917. The predicted molar refractivity (Wildman–Crippen MR) is 53.5 cm³/mol. The van der Waals surface area contributed by atoms with Crippen LogP contribution in [0.4, 0.5) is 0 Å². The van der Waals surface area contributed by atoms with Gasteiger partial charge in [0.15, 0.2) is 0 Å². The van der Waals surface area contributed by atoms with Crippen LogP contribution in [0.25, 0.3) is 0 Å². The fourth-order valence-electron chi connectivity index (χ4n) is 1.25. The van der Waals surface area contributed by atoms with E-state index in [1.807, 2.05) is 12.2 Å². The molecule has 0 aromatic heterocycles. The quantitative estimate of drug-likeness (QED) is 0.429. The minimum absolute atomic E-state index is 0.0459. The van der Waals surface area contributed by atoms with Crippen molar-refractivity contribution in [1.29, 1.82) is 0 Å². The van der Waals surface area contributed by atoms with E-state index >= 15 is 0 Å². The molecule has 0 saturated carbocycles. The lowest BCUT2D eigenvalue weighted by atomic mass is 10.1. The van der Waals surface area contributed by atoms with Crippen molar-refractivity contribution in [3.8, 4) is 0 Å². The summed E-state index contributed by atoms with van der Waals surface area (Å²) in [5.41, 5.74) is 0. The molecular formula is C9H12BrNO2. The molecule has 72 valence electrons. The first kappa shape index (κ1) is 10.4. The number of allylic oxidation sites excluding steroid dienone is 1. The lowest BCUT2D eigenvalue weighted by molar-refractivity contribution is -0.147. The molecule has 0 aliphatic carbocycles. The minimum atomic E-state index is -0.0459. The molecule has 0 atom stereocenters. The van der Waals surface area contributed by atoms with Crippen LogP contribution in [0, 0.1) is 0 Å². The first-order valence-electron chi connectivity index (χ1n) is 4.30. The van der Waals surface area contributed by atoms with E-state index in [2.05, 4.69) is 15.9 Å². The Morgan fingerprint density at radius 2 is 1.85 bits per heavy atom. The van der Waals surface area contributed by atoms with Crippen LogP contribution in [0.1, 0.15) is 19.3 Å². The zero-order chi connectivity index (χ0) is 9.68. The number of hydrogen-bond donors (Lipinski definition) is 0. The largest absolute Gasteiger partial charge is 0.279 e. The van der Waals surface area contributed by atoms with Crippen LogP contribution >= 0.6 is 15.9 Å². The molecule has 0 N–H and O–H groups in total. The lowest BCUT2D eigenvalue weighted by Crippen LogP contribution is -2.40. The molecule has 0 bridgehead atoms. The molecular weight excluding hydrogens is 234 g/mol. The Morgan fingerprint density at radius 1 is 1.23 bits per heavy atom. The Kier molecular flexibility index (Phi) is 4.15. The maximum absolute atomic E-state index is 11.3. The van der Waals surface area contributed by atoms with Gasteiger partial charge in [-0.1, -0.05) is 28.1 Å². The van der Waals surface area contributed by atoms with Gasteiger partial charge in [0.2, 0.25) is 11.8 Å². The average Bonchev–Trinajstić information content (AvgIpc) is 2.10. The normalized spacial score (nSPS) is 18.7. The van der Waals surface area contributed by atoms with Gasteiger partial charge in [-0.05, 0) is 6.42 Å². The predicted octanol–water partition coefficient (Wildman–Crippen LogP) is 1.48. The number of carbonyl (C=O) groups is 2. The van der Waals surface area contributed by atoms with Crippen LogP contribution in [0.5, 0.6) is 0 Å². The van der Waals surface area contributed by atoms with E-state index in [9.17, 15) is 9.59 Å². The number of amides is 2. The highest BCUT2D eigenvalue weighted by molar-refractivity contribution is 9.09. The molecule has 1 aliphatic rings. The molecule has 1 saturated heterocycles. The molecule has 4 heteroatoms. The summed E-state index contributed by atoms with van der Waals surface area (Å²) in [6.45, 7) is 0.420. The summed E-state index contributed by atoms with van der Waals surface area (Å²) in [6, 6.07) is 0. The van der Waals surface area contributed by atoms with E-state index in [1.54, 1.807) is 0 Å². The Balaban J connectivity index is 2.49. The fraction of sp³-hybridized carbons (Fsp3) is 0.556. The number of carbonyl (C=O) groups excluding carboxylic acids is 2. The van der Waals surface area contributed by atoms with Crippen molar-refractivity contribution in [2.45, 2.75) is 19.3 Å². The topological polar surface area (TPSA) is 37.4 Å². The molecule has 13 heavy (non-hydrogen) atoms. The molecule has 0 aromatic carbocycles. The third-order valence-corrected chi connectivity index (χ3v) is 2.30. The summed E-state index contributed by atoms with van der Waals surface area (Å²) in [7, 11) is 0. The number of rotatable bonds is 3. The van der Waals surface area contributed by atoms with Crippen LogP contribution < -0.4 is 0 Å². The highest BCUT2D eigenvalue weighted by atomic mass is 79.9. The second kappa shape index (κ2) is 5.17. The molecule has 1 fully saturated rings. The molecule has 0 spiro atoms. The van der Waals surface area contributed by atoms with Crippen molar-refractivity contribution in [2.75, 3.05) is 11.9 Å². The first-order valence-corrected chi connectivity index (χ1v) is 5.42. The molecule has 1 rings (SSSR count). The van der Waals surface area contributed by atoms with Gasteiger partial charge in [-0.25, -0.2) is 0 Å². The highest BCUT2D eigenvalue weighted by Gasteiger charge is 2.24. The maximum atomic E-state index is 11.3. The van der Waals surface area contributed by atoms with Gasteiger partial charge in [0.25, 0.3) is 0 Å². The van der Waals surface area contributed by atoms with Crippen molar-refractivity contribution >= 4 is 27.7 Å². The highest BCUT2D eigenvalue weighted by Crippen LogP contribution is 2.11. The summed E-state index contributed by atoms with van der Waals surface area (Å²) in [6.07, 6.45) is 5.43. The zero-order valence-corrected chi connectivity index (χ0v) is 8.92. The summed E-state index contributed by atoms with van der Waals surface area (Å²) >= 11 is 3.23. The van der Waals surface area contributed by atoms with E-state index in [0.29, 0.717) is 25.8 Å².